The molecule has 100 valence electrons. The summed E-state index contributed by atoms with van der Waals surface area (Å²) in [7, 11) is 1.99. The van der Waals surface area contributed by atoms with E-state index < -0.39 is 0 Å². The number of nitrogens with zero attached hydrogens (tertiary/aromatic N) is 1. The Kier molecular flexibility index (Phi) is 5.31. The van der Waals surface area contributed by atoms with Crippen LogP contribution in [0.15, 0.2) is 46.3 Å². The number of thiophene rings is 1. The monoisotopic (exact) mass is 337 g/mol. The summed E-state index contributed by atoms with van der Waals surface area (Å²) in [5.74, 6) is 0.186. The van der Waals surface area contributed by atoms with Gasteiger partial charge in [0.15, 0.2) is 5.78 Å². The van der Waals surface area contributed by atoms with Gasteiger partial charge in [-0.15, -0.1) is 11.3 Å². The Labute approximate surface area is 126 Å². The first kappa shape index (κ1) is 14.4. The fourth-order valence-electron chi connectivity index (χ4n) is 1.83. The smallest absolute Gasteiger partial charge is 0.186 e. The molecule has 0 spiro atoms. The number of hydrogen-bond acceptors (Lipinski definition) is 3. The van der Waals surface area contributed by atoms with Crippen LogP contribution in [0.3, 0.4) is 0 Å². The summed E-state index contributed by atoms with van der Waals surface area (Å²) >= 11 is 4.87. The maximum Gasteiger partial charge on any atom is 0.186 e. The van der Waals surface area contributed by atoms with E-state index in [1.165, 1.54) is 16.9 Å². The first-order valence-corrected chi connectivity index (χ1v) is 7.77. The first-order valence-electron chi connectivity index (χ1n) is 6.16. The minimum atomic E-state index is 0.186. The summed E-state index contributed by atoms with van der Waals surface area (Å²) in [4.78, 5) is 14.9. The van der Waals surface area contributed by atoms with Crippen LogP contribution in [-0.2, 0) is 6.42 Å². The zero-order chi connectivity index (χ0) is 13.7. The molecule has 1 heterocycles. The SMILES string of the molecule is CN(CCc1ccccc1)CC(=O)c1ccc(Br)s1. The molecule has 0 atom stereocenters. The Morgan fingerprint density at radius 2 is 1.95 bits per heavy atom. The molecule has 0 unspecified atom stereocenters. The van der Waals surface area contributed by atoms with E-state index in [1.54, 1.807) is 0 Å². The van der Waals surface area contributed by atoms with Crippen molar-refractivity contribution in [3.05, 3.63) is 56.7 Å². The van der Waals surface area contributed by atoms with Gasteiger partial charge in [-0.2, -0.15) is 0 Å². The molecule has 0 aliphatic carbocycles. The van der Waals surface area contributed by atoms with Crippen LogP contribution in [0.1, 0.15) is 15.2 Å². The molecular formula is C15H16BrNOS. The van der Waals surface area contributed by atoms with E-state index in [2.05, 4.69) is 33.0 Å². The van der Waals surface area contributed by atoms with Crippen molar-refractivity contribution in [3.8, 4) is 0 Å². The topological polar surface area (TPSA) is 20.3 Å². The van der Waals surface area contributed by atoms with Crippen molar-refractivity contribution in [2.45, 2.75) is 6.42 Å². The Hall–Kier alpha value is -0.970. The molecule has 0 N–H and O–H groups in total. The predicted octanol–water partition coefficient (Wildman–Crippen LogP) is 3.87. The van der Waals surface area contributed by atoms with E-state index in [-0.39, 0.29) is 5.78 Å². The van der Waals surface area contributed by atoms with E-state index in [0.29, 0.717) is 6.54 Å². The van der Waals surface area contributed by atoms with Crippen LogP contribution in [0, 0.1) is 0 Å². The zero-order valence-corrected chi connectivity index (χ0v) is 13.2. The summed E-state index contributed by atoms with van der Waals surface area (Å²) < 4.78 is 1.00. The molecule has 0 aliphatic heterocycles. The van der Waals surface area contributed by atoms with Crippen LogP contribution < -0.4 is 0 Å². The van der Waals surface area contributed by atoms with Crippen LogP contribution in [-0.4, -0.2) is 30.8 Å². The third-order valence-corrected chi connectivity index (χ3v) is 4.55. The molecule has 1 aromatic heterocycles. The molecule has 0 aliphatic rings. The standard InChI is InChI=1S/C15H16BrNOS/c1-17(10-9-12-5-3-2-4-6-12)11-13(18)14-7-8-15(16)19-14/h2-8H,9-11H2,1H3. The lowest BCUT2D eigenvalue weighted by Gasteiger charge is -2.15. The highest BCUT2D eigenvalue weighted by Gasteiger charge is 2.11. The number of halogens is 1. The van der Waals surface area contributed by atoms with Crippen LogP contribution in [0.4, 0.5) is 0 Å². The molecular weight excluding hydrogens is 322 g/mol. The number of rotatable bonds is 6. The largest absolute Gasteiger partial charge is 0.299 e. The molecule has 2 nitrogen and oxygen atoms in total. The van der Waals surface area contributed by atoms with Gasteiger partial charge >= 0.3 is 0 Å². The second-order valence-corrected chi connectivity index (χ2v) is 6.96. The fraction of sp³-hybridized carbons (Fsp3) is 0.267. The summed E-state index contributed by atoms with van der Waals surface area (Å²) in [5.41, 5.74) is 1.31. The number of carbonyl (C=O) groups excluding carboxylic acids is 1. The van der Waals surface area contributed by atoms with Gasteiger partial charge in [-0.05, 0) is 47.1 Å². The van der Waals surface area contributed by atoms with Crippen LogP contribution in [0.25, 0.3) is 0 Å². The molecule has 0 saturated heterocycles. The van der Waals surface area contributed by atoms with Crippen molar-refractivity contribution in [2.24, 2.45) is 0 Å². The highest BCUT2D eigenvalue weighted by molar-refractivity contribution is 9.11. The van der Waals surface area contributed by atoms with Gasteiger partial charge in [0.05, 0.1) is 15.2 Å². The molecule has 2 aromatic rings. The number of hydrogen-bond donors (Lipinski definition) is 0. The third-order valence-electron chi connectivity index (χ3n) is 2.89. The van der Waals surface area contributed by atoms with Gasteiger partial charge in [0, 0.05) is 6.54 Å². The van der Waals surface area contributed by atoms with Crippen molar-refractivity contribution in [1.29, 1.82) is 0 Å². The van der Waals surface area contributed by atoms with E-state index >= 15 is 0 Å². The molecule has 1 aromatic carbocycles. The fourth-order valence-corrected chi connectivity index (χ4v) is 3.15. The summed E-state index contributed by atoms with van der Waals surface area (Å²) in [5, 5.41) is 0. The number of ketones is 1. The Balaban J connectivity index is 1.81. The average molecular weight is 338 g/mol. The van der Waals surface area contributed by atoms with Crippen LogP contribution >= 0.6 is 27.3 Å². The average Bonchev–Trinajstić information content (AvgIpc) is 2.84. The van der Waals surface area contributed by atoms with Gasteiger partial charge in [-0.1, -0.05) is 30.3 Å². The minimum absolute atomic E-state index is 0.186. The molecule has 0 bridgehead atoms. The normalized spacial score (nSPS) is 10.9. The Morgan fingerprint density at radius 1 is 1.21 bits per heavy atom. The van der Waals surface area contributed by atoms with Gasteiger partial charge < -0.3 is 0 Å². The molecule has 0 radical (unpaired) electrons. The van der Waals surface area contributed by atoms with E-state index in [4.69, 9.17) is 0 Å². The Morgan fingerprint density at radius 3 is 2.58 bits per heavy atom. The number of likely N-dealkylation sites (N-methyl/N-ethyl adjacent to an activating group) is 1. The highest BCUT2D eigenvalue weighted by Crippen LogP contribution is 2.22. The van der Waals surface area contributed by atoms with E-state index in [9.17, 15) is 4.79 Å². The Bertz CT molecular complexity index is 538. The van der Waals surface area contributed by atoms with Gasteiger partial charge in [0.2, 0.25) is 0 Å². The summed E-state index contributed by atoms with van der Waals surface area (Å²) in [6.07, 6.45) is 0.971. The summed E-state index contributed by atoms with van der Waals surface area (Å²) in [6, 6.07) is 14.1. The maximum absolute atomic E-state index is 12.0. The lowest BCUT2D eigenvalue weighted by molar-refractivity contribution is 0.0951. The quantitative estimate of drug-likeness (QED) is 0.746. The zero-order valence-electron chi connectivity index (χ0n) is 10.8. The molecule has 0 saturated carbocycles. The van der Waals surface area contributed by atoms with E-state index in [1.807, 2.05) is 37.4 Å². The van der Waals surface area contributed by atoms with Gasteiger partial charge in [0.1, 0.15) is 0 Å². The molecule has 0 amide bonds. The highest BCUT2D eigenvalue weighted by atomic mass is 79.9. The van der Waals surface area contributed by atoms with Crippen molar-refractivity contribution in [2.75, 3.05) is 20.1 Å². The number of carbonyl (C=O) groups is 1. The lowest BCUT2D eigenvalue weighted by atomic mass is 10.1. The first-order chi connectivity index (χ1) is 9.15. The second kappa shape index (κ2) is 6.98. The lowest BCUT2D eigenvalue weighted by Crippen LogP contribution is -2.27. The van der Waals surface area contributed by atoms with E-state index in [0.717, 1.165) is 21.6 Å². The van der Waals surface area contributed by atoms with Crippen molar-refractivity contribution >= 4 is 33.0 Å². The molecule has 0 fully saturated rings. The van der Waals surface area contributed by atoms with Gasteiger partial charge in [-0.3, -0.25) is 9.69 Å². The third kappa shape index (κ3) is 4.56. The van der Waals surface area contributed by atoms with Crippen LogP contribution in [0.5, 0.6) is 0 Å². The van der Waals surface area contributed by atoms with Crippen molar-refractivity contribution in [1.82, 2.24) is 4.90 Å². The van der Waals surface area contributed by atoms with Crippen LogP contribution in [0.2, 0.25) is 0 Å². The number of Topliss-reactive ketones (excluding diaryl/α,β-unsaturated/α-hetero) is 1. The molecule has 2 rings (SSSR count). The van der Waals surface area contributed by atoms with Gasteiger partial charge in [0.25, 0.3) is 0 Å². The molecule has 4 heteroatoms. The number of benzene rings is 1. The minimum Gasteiger partial charge on any atom is -0.299 e. The molecule has 19 heavy (non-hydrogen) atoms. The second-order valence-electron chi connectivity index (χ2n) is 4.50. The maximum atomic E-state index is 12.0. The van der Waals surface area contributed by atoms with Crippen molar-refractivity contribution < 1.29 is 4.79 Å². The van der Waals surface area contributed by atoms with Crippen molar-refractivity contribution in [3.63, 3.8) is 0 Å². The summed E-state index contributed by atoms with van der Waals surface area (Å²) in [6.45, 7) is 1.36. The predicted molar refractivity (Wildman–Crippen MR) is 84.0 cm³/mol. The van der Waals surface area contributed by atoms with Gasteiger partial charge in [-0.25, -0.2) is 0 Å².